The van der Waals surface area contributed by atoms with Gasteiger partial charge >= 0.3 is 0 Å². The molecule has 0 bridgehead atoms. The molecule has 2 saturated carbocycles. The smallest absolute Gasteiger partial charge is 0.140 e. The maximum absolute atomic E-state index is 12.1. The van der Waals surface area contributed by atoms with E-state index in [-0.39, 0.29) is 5.92 Å². The maximum Gasteiger partial charge on any atom is 0.140 e. The highest BCUT2D eigenvalue weighted by molar-refractivity contribution is 5.85. The van der Waals surface area contributed by atoms with Gasteiger partial charge in [-0.05, 0) is 43.9 Å². The van der Waals surface area contributed by atoms with Crippen LogP contribution in [-0.2, 0) is 4.79 Å². The minimum Gasteiger partial charge on any atom is -0.299 e. The number of ketones is 1. The molecule has 0 aromatic carbocycles. The Hall–Kier alpha value is -0.850. The SMILES string of the molecule is CC1=CC=C(C2CCC(C)CC2=O)C2CC12. The van der Waals surface area contributed by atoms with E-state index in [0.717, 1.165) is 24.7 Å². The summed E-state index contributed by atoms with van der Waals surface area (Å²) in [6.45, 7) is 4.43. The van der Waals surface area contributed by atoms with E-state index >= 15 is 0 Å². The number of Topliss-reactive ketones (excluding diaryl/α,β-unsaturated/α-hetero) is 1. The van der Waals surface area contributed by atoms with Gasteiger partial charge in [-0.25, -0.2) is 0 Å². The lowest BCUT2D eigenvalue weighted by atomic mass is 9.75. The van der Waals surface area contributed by atoms with Crippen molar-refractivity contribution in [1.82, 2.24) is 0 Å². The molecule has 1 heteroatoms. The number of fused-ring (bicyclic) bond motifs is 1. The molecular weight excluding hydrogens is 196 g/mol. The molecule has 16 heavy (non-hydrogen) atoms. The number of rotatable bonds is 1. The number of allylic oxidation sites excluding steroid dienone is 4. The standard InChI is InChI=1S/C15H20O/c1-9-3-5-12(15(16)7-9)11-6-4-10(2)13-8-14(11)13/h4,6,9,12-14H,3,5,7-8H2,1-2H3. The summed E-state index contributed by atoms with van der Waals surface area (Å²) < 4.78 is 0. The summed E-state index contributed by atoms with van der Waals surface area (Å²) in [5.74, 6) is 2.90. The lowest BCUT2D eigenvalue weighted by molar-refractivity contribution is -0.124. The number of hydrogen-bond donors (Lipinski definition) is 0. The molecule has 4 atom stereocenters. The average molecular weight is 216 g/mol. The van der Waals surface area contributed by atoms with Gasteiger partial charge in [-0.15, -0.1) is 0 Å². The van der Waals surface area contributed by atoms with Gasteiger partial charge in [-0.1, -0.05) is 30.2 Å². The molecule has 86 valence electrons. The molecule has 0 heterocycles. The Morgan fingerprint density at radius 2 is 2.00 bits per heavy atom. The highest BCUT2D eigenvalue weighted by Gasteiger charge is 2.46. The van der Waals surface area contributed by atoms with E-state index in [0.29, 0.717) is 11.7 Å². The quantitative estimate of drug-likeness (QED) is 0.655. The van der Waals surface area contributed by atoms with E-state index in [1.165, 1.54) is 24.0 Å². The largest absolute Gasteiger partial charge is 0.299 e. The lowest BCUT2D eigenvalue weighted by Crippen LogP contribution is -2.26. The monoisotopic (exact) mass is 216 g/mol. The van der Waals surface area contributed by atoms with Crippen molar-refractivity contribution >= 4 is 5.78 Å². The topological polar surface area (TPSA) is 17.1 Å². The Kier molecular flexibility index (Phi) is 2.31. The van der Waals surface area contributed by atoms with Crippen molar-refractivity contribution < 1.29 is 4.79 Å². The molecule has 0 aliphatic heterocycles. The van der Waals surface area contributed by atoms with E-state index in [9.17, 15) is 4.79 Å². The summed E-state index contributed by atoms with van der Waals surface area (Å²) in [5.41, 5.74) is 2.98. The number of hydrogen-bond acceptors (Lipinski definition) is 1. The van der Waals surface area contributed by atoms with Crippen LogP contribution in [-0.4, -0.2) is 5.78 Å². The first-order valence-corrected chi connectivity index (χ1v) is 6.57. The van der Waals surface area contributed by atoms with Gasteiger partial charge < -0.3 is 0 Å². The molecule has 3 aliphatic rings. The van der Waals surface area contributed by atoms with Crippen LogP contribution in [0.25, 0.3) is 0 Å². The van der Waals surface area contributed by atoms with Gasteiger partial charge in [0.05, 0.1) is 0 Å². The predicted octanol–water partition coefficient (Wildman–Crippen LogP) is 3.51. The van der Waals surface area contributed by atoms with Gasteiger partial charge in [0.15, 0.2) is 0 Å². The van der Waals surface area contributed by atoms with Crippen LogP contribution < -0.4 is 0 Å². The first kappa shape index (κ1) is 10.3. The van der Waals surface area contributed by atoms with Crippen molar-refractivity contribution in [3.8, 4) is 0 Å². The van der Waals surface area contributed by atoms with Crippen LogP contribution in [0, 0.1) is 23.7 Å². The van der Waals surface area contributed by atoms with Crippen molar-refractivity contribution in [3.63, 3.8) is 0 Å². The molecule has 3 rings (SSSR count). The van der Waals surface area contributed by atoms with Gasteiger partial charge in [0.2, 0.25) is 0 Å². The van der Waals surface area contributed by atoms with Crippen LogP contribution in [0.3, 0.4) is 0 Å². The van der Waals surface area contributed by atoms with Crippen LogP contribution in [0.1, 0.15) is 39.5 Å². The van der Waals surface area contributed by atoms with Crippen molar-refractivity contribution in [2.24, 2.45) is 23.7 Å². The van der Waals surface area contributed by atoms with Crippen LogP contribution >= 0.6 is 0 Å². The fourth-order valence-corrected chi connectivity index (χ4v) is 3.47. The van der Waals surface area contributed by atoms with Gasteiger partial charge in [0.1, 0.15) is 5.78 Å². The van der Waals surface area contributed by atoms with E-state index in [1.54, 1.807) is 0 Å². The summed E-state index contributed by atoms with van der Waals surface area (Å²) in [4.78, 5) is 12.1. The highest BCUT2D eigenvalue weighted by Crippen LogP contribution is 2.54. The average Bonchev–Trinajstić information content (AvgIpc) is 3.00. The summed E-state index contributed by atoms with van der Waals surface area (Å²) in [7, 11) is 0. The zero-order chi connectivity index (χ0) is 11.3. The van der Waals surface area contributed by atoms with Crippen molar-refractivity contribution in [1.29, 1.82) is 0 Å². The Morgan fingerprint density at radius 3 is 2.75 bits per heavy atom. The molecule has 0 spiro atoms. The van der Waals surface area contributed by atoms with Gasteiger partial charge in [0, 0.05) is 12.3 Å². The highest BCUT2D eigenvalue weighted by atomic mass is 16.1. The molecule has 0 saturated heterocycles. The molecule has 0 amide bonds. The second kappa shape index (κ2) is 3.58. The van der Waals surface area contributed by atoms with Crippen LogP contribution in [0.5, 0.6) is 0 Å². The Bertz CT molecular complexity index is 388. The Morgan fingerprint density at radius 1 is 1.19 bits per heavy atom. The maximum atomic E-state index is 12.1. The third-order valence-corrected chi connectivity index (χ3v) is 4.63. The second-order valence-electron chi connectivity index (χ2n) is 5.93. The van der Waals surface area contributed by atoms with Crippen molar-refractivity contribution in [3.05, 3.63) is 23.3 Å². The molecule has 2 fully saturated rings. The minimum absolute atomic E-state index is 0.274. The van der Waals surface area contributed by atoms with Gasteiger partial charge in [-0.2, -0.15) is 0 Å². The molecule has 0 aromatic rings. The summed E-state index contributed by atoms with van der Waals surface area (Å²) in [6.07, 6.45) is 8.93. The zero-order valence-electron chi connectivity index (χ0n) is 10.2. The molecule has 0 radical (unpaired) electrons. The fourth-order valence-electron chi connectivity index (χ4n) is 3.47. The van der Waals surface area contributed by atoms with Gasteiger partial charge in [0.25, 0.3) is 0 Å². The number of carbonyl (C=O) groups is 1. The van der Waals surface area contributed by atoms with E-state index in [2.05, 4.69) is 26.0 Å². The van der Waals surface area contributed by atoms with E-state index in [4.69, 9.17) is 0 Å². The molecule has 1 nitrogen and oxygen atoms in total. The van der Waals surface area contributed by atoms with Crippen LogP contribution in [0.4, 0.5) is 0 Å². The van der Waals surface area contributed by atoms with Crippen LogP contribution in [0.15, 0.2) is 23.3 Å². The third-order valence-electron chi connectivity index (χ3n) is 4.63. The number of carbonyl (C=O) groups excluding carboxylic acids is 1. The first-order valence-electron chi connectivity index (χ1n) is 6.57. The zero-order valence-corrected chi connectivity index (χ0v) is 10.2. The second-order valence-corrected chi connectivity index (χ2v) is 5.93. The fraction of sp³-hybridized carbons (Fsp3) is 0.667. The lowest BCUT2D eigenvalue weighted by Gasteiger charge is -2.28. The molecule has 0 N–H and O–H groups in total. The molecule has 4 unspecified atom stereocenters. The summed E-state index contributed by atoms with van der Waals surface area (Å²) >= 11 is 0. The Labute approximate surface area is 97.6 Å². The van der Waals surface area contributed by atoms with E-state index < -0.39 is 0 Å². The van der Waals surface area contributed by atoms with E-state index in [1.807, 2.05) is 0 Å². The molecule has 0 aromatic heterocycles. The third kappa shape index (κ3) is 1.57. The first-order chi connectivity index (χ1) is 7.66. The molecule has 3 aliphatic carbocycles. The molecular formula is C15H20O. The summed E-state index contributed by atoms with van der Waals surface area (Å²) in [6, 6.07) is 0. The predicted molar refractivity (Wildman–Crippen MR) is 64.9 cm³/mol. The van der Waals surface area contributed by atoms with Crippen LogP contribution in [0.2, 0.25) is 0 Å². The van der Waals surface area contributed by atoms with Crippen molar-refractivity contribution in [2.45, 2.75) is 39.5 Å². The normalized spacial score (nSPS) is 42.2. The van der Waals surface area contributed by atoms with Gasteiger partial charge in [-0.3, -0.25) is 4.79 Å². The van der Waals surface area contributed by atoms with Crippen molar-refractivity contribution in [2.75, 3.05) is 0 Å². The Balaban J connectivity index is 1.81. The minimum atomic E-state index is 0.274. The summed E-state index contributed by atoms with van der Waals surface area (Å²) in [5, 5.41) is 0.